The smallest absolute Gasteiger partial charge is 0.142 e. The van der Waals surface area contributed by atoms with Crippen LogP contribution in [-0.4, -0.2) is 23.4 Å². The molecule has 18 heavy (non-hydrogen) atoms. The zero-order chi connectivity index (χ0) is 13.3. The van der Waals surface area contributed by atoms with Gasteiger partial charge in [0.2, 0.25) is 0 Å². The topological polar surface area (TPSA) is 41.5 Å². The van der Waals surface area contributed by atoms with E-state index in [0.717, 1.165) is 17.9 Å². The van der Waals surface area contributed by atoms with E-state index in [0.29, 0.717) is 6.04 Å². The largest absolute Gasteiger partial charge is 0.489 e. The summed E-state index contributed by atoms with van der Waals surface area (Å²) in [7, 11) is 0. The number of aliphatic hydroxyl groups excluding tert-OH is 1. The molecule has 3 heteroatoms. The van der Waals surface area contributed by atoms with Crippen molar-refractivity contribution in [1.29, 1.82) is 0 Å². The number of hydrogen-bond donors (Lipinski definition) is 2. The molecule has 2 atom stereocenters. The van der Waals surface area contributed by atoms with Gasteiger partial charge in [0, 0.05) is 11.5 Å². The molecule has 0 aliphatic heterocycles. The van der Waals surface area contributed by atoms with Crippen molar-refractivity contribution in [3.63, 3.8) is 0 Å². The molecule has 0 amide bonds. The van der Waals surface area contributed by atoms with E-state index in [-0.39, 0.29) is 17.6 Å². The Bertz CT molecular complexity index is 415. The lowest BCUT2D eigenvalue weighted by atomic mass is 9.64. The standard InChI is InChI=1S/C15H23NO2/c1-10(2)18-12-8-6-5-7-11(12)16-13-9-14(17)15(13,3)4/h5-8,10,13-14,16-17H,9H2,1-4H3. The average molecular weight is 249 g/mol. The molecule has 100 valence electrons. The zero-order valence-electron chi connectivity index (χ0n) is 11.6. The Morgan fingerprint density at radius 1 is 1.33 bits per heavy atom. The molecule has 1 fully saturated rings. The monoisotopic (exact) mass is 249 g/mol. The van der Waals surface area contributed by atoms with Crippen molar-refractivity contribution >= 4 is 5.69 Å². The number of nitrogens with one attached hydrogen (secondary N) is 1. The maximum Gasteiger partial charge on any atom is 0.142 e. The number of rotatable bonds is 4. The summed E-state index contributed by atoms with van der Waals surface area (Å²) in [6.45, 7) is 8.22. The number of benzene rings is 1. The Labute approximate surface area is 109 Å². The van der Waals surface area contributed by atoms with E-state index in [1.807, 2.05) is 38.1 Å². The zero-order valence-corrected chi connectivity index (χ0v) is 11.6. The molecule has 0 radical (unpaired) electrons. The predicted octanol–water partition coefficient (Wildman–Crippen LogP) is 3.05. The lowest BCUT2D eigenvalue weighted by Crippen LogP contribution is -2.56. The van der Waals surface area contributed by atoms with Crippen LogP contribution in [0.5, 0.6) is 5.75 Å². The Kier molecular flexibility index (Phi) is 3.53. The first kappa shape index (κ1) is 13.2. The summed E-state index contributed by atoms with van der Waals surface area (Å²) in [5, 5.41) is 13.3. The van der Waals surface area contributed by atoms with Crippen LogP contribution in [0.1, 0.15) is 34.1 Å². The molecule has 1 aliphatic rings. The summed E-state index contributed by atoms with van der Waals surface area (Å²) >= 11 is 0. The number of hydrogen-bond acceptors (Lipinski definition) is 3. The van der Waals surface area contributed by atoms with E-state index >= 15 is 0 Å². The number of para-hydroxylation sites is 2. The highest BCUT2D eigenvalue weighted by Crippen LogP contribution is 2.43. The van der Waals surface area contributed by atoms with Crippen LogP contribution < -0.4 is 10.1 Å². The highest BCUT2D eigenvalue weighted by Gasteiger charge is 2.47. The van der Waals surface area contributed by atoms with E-state index in [4.69, 9.17) is 4.74 Å². The fraction of sp³-hybridized carbons (Fsp3) is 0.600. The van der Waals surface area contributed by atoms with Gasteiger partial charge < -0.3 is 15.2 Å². The van der Waals surface area contributed by atoms with Crippen LogP contribution in [0.2, 0.25) is 0 Å². The van der Waals surface area contributed by atoms with Crippen LogP contribution >= 0.6 is 0 Å². The SMILES string of the molecule is CC(C)Oc1ccccc1NC1CC(O)C1(C)C. The van der Waals surface area contributed by atoms with Crippen LogP contribution in [0.25, 0.3) is 0 Å². The highest BCUT2D eigenvalue weighted by molar-refractivity contribution is 5.57. The molecule has 2 rings (SSSR count). The normalized spacial score (nSPS) is 25.7. The van der Waals surface area contributed by atoms with Crippen LogP contribution in [0, 0.1) is 5.41 Å². The Morgan fingerprint density at radius 3 is 2.56 bits per heavy atom. The van der Waals surface area contributed by atoms with Crippen LogP contribution in [0.4, 0.5) is 5.69 Å². The van der Waals surface area contributed by atoms with Gasteiger partial charge in [0.15, 0.2) is 0 Å². The van der Waals surface area contributed by atoms with Crippen LogP contribution in [-0.2, 0) is 0 Å². The fourth-order valence-electron chi connectivity index (χ4n) is 2.28. The van der Waals surface area contributed by atoms with Crippen molar-refractivity contribution in [2.75, 3.05) is 5.32 Å². The maximum absolute atomic E-state index is 9.77. The van der Waals surface area contributed by atoms with Crippen molar-refractivity contribution in [1.82, 2.24) is 0 Å². The van der Waals surface area contributed by atoms with Gasteiger partial charge in [0.05, 0.1) is 17.9 Å². The molecule has 0 bridgehead atoms. The van der Waals surface area contributed by atoms with Crippen molar-refractivity contribution in [3.8, 4) is 5.75 Å². The molecule has 0 aromatic heterocycles. The number of anilines is 1. The lowest BCUT2D eigenvalue weighted by Gasteiger charge is -2.50. The number of ether oxygens (including phenoxy) is 1. The van der Waals surface area contributed by atoms with E-state index in [1.54, 1.807) is 0 Å². The molecule has 2 unspecified atom stereocenters. The van der Waals surface area contributed by atoms with Crippen molar-refractivity contribution in [2.45, 2.75) is 52.4 Å². The molecule has 0 saturated heterocycles. The third-order valence-electron chi connectivity index (χ3n) is 3.80. The first-order chi connectivity index (χ1) is 8.41. The Morgan fingerprint density at radius 2 is 2.00 bits per heavy atom. The Balaban J connectivity index is 2.10. The lowest BCUT2D eigenvalue weighted by molar-refractivity contribution is -0.0511. The van der Waals surface area contributed by atoms with E-state index in [9.17, 15) is 5.11 Å². The van der Waals surface area contributed by atoms with Crippen molar-refractivity contribution < 1.29 is 9.84 Å². The molecular formula is C15H23NO2. The van der Waals surface area contributed by atoms with Crippen molar-refractivity contribution in [3.05, 3.63) is 24.3 Å². The minimum atomic E-state index is -0.215. The quantitative estimate of drug-likeness (QED) is 0.861. The predicted molar refractivity (Wildman–Crippen MR) is 74.0 cm³/mol. The molecule has 2 N–H and O–H groups in total. The first-order valence-corrected chi connectivity index (χ1v) is 6.61. The van der Waals surface area contributed by atoms with E-state index in [1.165, 1.54) is 0 Å². The second kappa shape index (κ2) is 4.81. The number of aliphatic hydroxyl groups is 1. The third-order valence-corrected chi connectivity index (χ3v) is 3.80. The van der Waals surface area contributed by atoms with E-state index in [2.05, 4.69) is 19.2 Å². The van der Waals surface area contributed by atoms with Crippen LogP contribution in [0.15, 0.2) is 24.3 Å². The van der Waals surface area contributed by atoms with Gasteiger partial charge in [-0.15, -0.1) is 0 Å². The summed E-state index contributed by atoms with van der Waals surface area (Å²) < 4.78 is 5.78. The molecule has 1 aromatic carbocycles. The van der Waals surface area contributed by atoms with Gasteiger partial charge in [-0.3, -0.25) is 0 Å². The van der Waals surface area contributed by atoms with Gasteiger partial charge in [-0.25, -0.2) is 0 Å². The minimum Gasteiger partial charge on any atom is -0.489 e. The highest BCUT2D eigenvalue weighted by atomic mass is 16.5. The van der Waals surface area contributed by atoms with Gasteiger partial charge >= 0.3 is 0 Å². The average Bonchev–Trinajstić information content (AvgIpc) is 2.30. The molecule has 1 aliphatic carbocycles. The fourth-order valence-corrected chi connectivity index (χ4v) is 2.28. The molecule has 1 saturated carbocycles. The van der Waals surface area contributed by atoms with Crippen molar-refractivity contribution in [2.24, 2.45) is 5.41 Å². The first-order valence-electron chi connectivity index (χ1n) is 6.61. The molecule has 0 heterocycles. The summed E-state index contributed by atoms with van der Waals surface area (Å²) in [6, 6.07) is 8.27. The second-order valence-corrected chi connectivity index (χ2v) is 5.93. The summed E-state index contributed by atoms with van der Waals surface area (Å²) in [5.74, 6) is 0.879. The van der Waals surface area contributed by atoms with Gasteiger partial charge in [0.25, 0.3) is 0 Å². The summed E-state index contributed by atoms with van der Waals surface area (Å²) in [5.41, 5.74) is 0.932. The minimum absolute atomic E-state index is 0.0784. The Hall–Kier alpha value is -1.22. The maximum atomic E-state index is 9.77. The molecule has 3 nitrogen and oxygen atoms in total. The molecular weight excluding hydrogens is 226 g/mol. The van der Waals surface area contributed by atoms with Gasteiger partial charge in [-0.1, -0.05) is 26.0 Å². The van der Waals surface area contributed by atoms with Gasteiger partial charge in [0.1, 0.15) is 5.75 Å². The van der Waals surface area contributed by atoms with Crippen LogP contribution in [0.3, 0.4) is 0 Å². The molecule has 1 aromatic rings. The van der Waals surface area contributed by atoms with Gasteiger partial charge in [-0.05, 0) is 32.4 Å². The summed E-state index contributed by atoms with van der Waals surface area (Å²) in [4.78, 5) is 0. The second-order valence-electron chi connectivity index (χ2n) is 5.93. The third kappa shape index (κ3) is 2.46. The van der Waals surface area contributed by atoms with Gasteiger partial charge in [-0.2, -0.15) is 0 Å². The summed E-state index contributed by atoms with van der Waals surface area (Å²) in [6.07, 6.45) is 0.740. The van der Waals surface area contributed by atoms with E-state index < -0.39 is 0 Å². The molecule has 0 spiro atoms.